The highest BCUT2D eigenvalue weighted by Gasteiger charge is 2.35. The molecule has 0 spiro atoms. The van der Waals surface area contributed by atoms with Gasteiger partial charge in [-0.2, -0.15) is 18.4 Å². The Bertz CT molecular complexity index is 1290. The van der Waals surface area contributed by atoms with Crippen LogP contribution in [0, 0.1) is 11.3 Å². The van der Waals surface area contributed by atoms with Gasteiger partial charge in [0.15, 0.2) is 5.78 Å². The van der Waals surface area contributed by atoms with Crippen molar-refractivity contribution in [1.82, 2.24) is 5.32 Å². The molecule has 1 aliphatic carbocycles. The first-order chi connectivity index (χ1) is 16.8. The number of benzene rings is 2. The van der Waals surface area contributed by atoms with Gasteiger partial charge in [0.05, 0.1) is 28.5 Å². The molecule has 3 N–H and O–H groups in total. The van der Waals surface area contributed by atoms with Gasteiger partial charge in [-0.15, -0.1) is 0 Å². The molecule has 1 fully saturated rings. The number of rotatable bonds is 7. The van der Waals surface area contributed by atoms with Crippen LogP contribution in [0.25, 0.3) is 0 Å². The molecule has 1 aliphatic rings. The van der Waals surface area contributed by atoms with Crippen molar-refractivity contribution in [3.63, 3.8) is 0 Å². The second-order valence-corrected chi connectivity index (χ2v) is 11.0. The molecule has 8 nitrogen and oxygen atoms in total. The van der Waals surface area contributed by atoms with Crippen molar-refractivity contribution in [1.29, 1.82) is 5.26 Å². The third-order valence-electron chi connectivity index (χ3n) is 5.79. The number of hydrogen-bond acceptors (Lipinski definition) is 6. The summed E-state index contributed by atoms with van der Waals surface area (Å²) in [4.78, 5) is 25.2. The number of anilines is 2. The Balaban J connectivity index is 1.58. The van der Waals surface area contributed by atoms with E-state index in [2.05, 4.69) is 15.4 Å². The molecule has 3 rings (SSSR count). The highest BCUT2D eigenvalue weighted by atomic mass is 32.2. The van der Waals surface area contributed by atoms with Crippen molar-refractivity contribution in [2.45, 2.75) is 56.6 Å². The van der Waals surface area contributed by atoms with Gasteiger partial charge in [0.25, 0.3) is 5.91 Å². The van der Waals surface area contributed by atoms with E-state index in [0.717, 1.165) is 12.1 Å². The largest absolute Gasteiger partial charge is 0.417 e. The number of Topliss-reactive ketones (excluding diaryl/α,β-unsaturated/α-hetero) is 1. The van der Waals surface area contributed by atoms with E-state index >= 15 is 0 Å². The van der Waals surface area contributed by atoms with Crippen molar-refractivity contribution in [2.75, 3.05) is 10.0 Å². The number of halogens is 3. The summed E-state index contributed by atoms with van der Waals surface area (Å²) in [7, 11) is -3.53. The number of nitrogens with one attached hydrogen (secondary N) is 3. The highest BCUT2D eigenvalue weighted by Crippen LogP contribution is 2.34. The Morgan fingerprint density at radius 1 is 1.08 bits per heavy atom. The average molecular weight is 523 g/mol. The standard InChI is InChI=1S/C24H25F3N4O4S/c1-14(2)36(34,35)31-17-6-3-15(4-7-17)23(33)30-21-10-9-19(12-22(21)32)29-18-8-5-16(13-28)20(11-18)24(25,26)27/h3-8,11,14,19,21,29,31H,9-10,12H2,1-2H3,(H,30,33)/t19-,21+/m1/s1. The van der Waals surface area contributed by atoms with Crippen LogP contribution >= 0.6 is 0 Å². The van der Waals surface area contributed by atoms with Crippen LogP contribution in [0.4, 0.5) is 24.5 Å². The van der Waals surface area contributed by atoms with Gasteiger partial charge in [-0.3, -0.25) is 14.3 Å². The average Bonchev–Trinajstić information content (AvgIpc) is 2.80. The number of ketones is 1. The number of carbonyl (C=O) groups excluding carboxylic acids is 2. The molecule has 0 unspecified atom stereocenters. The number of amides is 1. The minimum atomic E-state index is -4.68. The first-order valence-corrected chi connectivity index (χ1v) is 12.7. The molecule has 0 saturated heterocycles. The van der Waals surface area contributed by atoms with Crippen LogP contribution in [-0.2, 0) is 21.0 Å². The normalized spacial score (nSPS) is 18.4. The zero-order valence-electron chi connectivity index (χ0n) is 19.5. The summed E-state index contributed by atoms with van der Waals surface area (Å²) in [5, 5.41) is 13.9. The van der Waals surface area contributed by atoms with E-state index < -0.39 is 50.6 Å². The molecule has 192 valence electrons. The molecule has 12 heteroatoms. The molecule has 1 saturated carbocycles. The summed E-state index contributed by atoms with van der Waals surface area (Å²) >= 11 is 0. The van der Waals surface area contributed by atoms with Gasteiger partial charge in [0, 0.05) is 29.4 Å². The number of sulfonamides is 1. The molecular formula is C24H25F3N4O4S. The monoisotopic (exact) mass is 522 g/mol. The first-order valence-electron chi connectivity index (χ1n) is 11.1. The predicted octanol–water partition coefficient (Wildman–Crippen LogP) is 4.06. The summed E-state index contributed by atoms with van der Waals surface area (Å²) in [5.74, 6) is -0.766. The molecule has 36 heavy (non-hydrogen) atoms. The van der Waals surface area contributed by atoms with Crippen LogP contribution in [0.5, 0.6) is 0 Å². The molecule has 0 heterocycles. The molecule has 0 aromatic heterocycles. The maximum Gasteiger partial charge on any atom is 0.417 e. The second kappa shape index (κ2) is 10.6. The maximum absolute atomic E-state index is 13.2. The zero-order chi connectivity index (χ0) is 26.7. The van der Waals surface area contributed by atoms with Gasteiger partial charge in [-0.25, -0.2) is 8.42 Å². The lowest BCUT2D eigenvalue weighted by Crippen LogP contribution is -2.46. The lowest BCUT2D eigenvalue weighted by molar-refractivity contribution is -0.137. The number of hydrogen-bond donors (Lipinski definition) is 3. The molecule has 0 bridgehead atoms. The molecule has 2 atom stereocenters. The van der Waals surface area contributed by atoms with E-state index in [9.17, 15) is 31.2 Å². The molecule has 2 aromatic carbocycles. The first kappa shape index (κ1) is 27.0. The molecule has 1 amide bonds. The summed E-state index contributed by atoms with van der Waals surface area (Å²) in [6.45, 7) is 3.07. The number of nitriles is 1. The molecular weight excluding hydrogens is 497 g/mol. The molecule has 2 aromatic rings. The Kier molecular flexibility index (Phi) is 7.93. The maximum atomic E-state index is 13.2. The van der Waals surface area contributed by atoms with E-state index in [1.165, 1.54) is 50.2 Å². The van der Waals surface area contributed by atoms with E-state index in [1.807, 2.05) is 0 Å². The van der Waals surface area contributed by atoms with Crippen LogP contribution in [0.2, 0.25) is 0 Å². The SMILES string of the molecule is CC(C)S(=O)(=O)Nc1ccc(C(=O)N[C@H]2CC[C@@H](Nc3ccc(C#N)c(C(F)(F)F)c3)CC2=O)cc1. The molecule has 0 aliphatic heterocycles. The smallest absolute Gasteiger partial charge is 0.382 e. The lowest BCUT2D eigenvalue weighted by atomic mass is 9.89. The summed E-state index contributed by atoms with van der Waals surface area (Å²) in [6.07, 6.45) is -3.97. The minimum absolute atomic E-state index is 0.00220. The van der Waals surface area contributed by atoms with E-state index in [1.54, 1.807) is 0 Å². The van der Waals surface area contributed by atoms with Crippen LogP contribution < -0.4 is 15.4 Å². The fraction of sp³-hybridized carbons (Fsp3) is 0.375. The van der Waals surface area contributed by atoms with E-state index in [-0.39, 0.29) is 29.9 Å². The van der Waals surface area contributed by atoms with Crippen LogP contribution in [0.15, 0.2) is 42.5 Å². The van der Waals surface area contributed by atoms with E-state index in [0.29, 0.717) is 12.1 Å². The summed E-state index contributed by atoms with van der Waals surface area (Å²) < 4.78 is 65.9. The third kappa shape index (κ3) is 6.54. The van der Waals surface area contributed by atoms with Gasteiger partial charge < -0.3 is 10.6 Å². The quantitative estimate of drug-likeness (QED) is 0.503. The number of nitrogens with zero attached hydrogens (tertiary/aromatic N) is 1. The summed E-state index contributed by atoms with van der Waals surface area (Å²) in [6, 6.07) is 9.41. The Morgan fingerprint density at radius 3 is 2.28 bits per heavy atom. The van der Waals surface area contributed by atoms with Crippen molar-refractivity contribution in [2.24, 2.45) is 0 Å². The zero-order valence-corrected chi connectivity index (χ0v) is 20.3. The van der Waals surface area contributed by atoms with Crippen LogP contribution in [0.3, 0.4) is 0 Å². The van der Waals surface area contributed by atoms with Crippen LogP contribution in [0.1, 0.15) is 54.6 Å². The predicted molar refractivity (Wildman–Crippen MR) is 128 cm³/mol. The van der Waals surface area contributed by atoms with Crippen molar-refractivity contribution in [3.8, 4) is 6.07 Å². The lowest BCUT2D eigenvalue weighted by Gasteiger charge is -2.29. The van der Waals surface area contributed by atoms with Crippen molar-refractivity contribution in [3.05, 3.63) is 59.2 Å². The third-order valence-corrected chi connectivity index (χ3v) is 7.55. The van der Waals surface area contributed by atoms with E-state index in [4.69, 9.17) is 5.26 Å². The van der Waals surface area contributed by atoms with Crippen LogP contribution in [-0.4, -0.2) is 37.4 Å². The fourth-order valence-electron chi connectivity index (χ4n) is 3.71. The van der Waals surface area contributed by atoms with Gasteiger partial charge in [0.2, 0.25) is 10.0 Å². The topological polar surface area (TPSA) is 128 Å². The van der Waals surface area contributed by atoms with Gasteiger partial charge in [-0.1, -0.05) is 0 Å². The van der Waals surface area contributed by atoms with Gasteiger partial charge in [-0.05, 0) is 69.2 Å². The Labute approximate surface area is 206 Å². The van der Waals surface area contributed by atoms with Crippen molar-refractivity contribution < 1.29 is 31.2 Å². The van der Waals surface area contributed by atoms with Gasteiger partial charge >= 0.3 is 6.18 Å². The second-order valence-electron chi connectivity index (χ2n) is 8.76. The number of alkyl halides is 3. The van der Waals surface area contributed by atoms with Crippen molar-refractivity contribution >= 4 is 33.1 Å². The minimum Gasteiger partial charge on any atom is -0.382 e. The van der Waals surface area contributed by atoms with Gasteiger partial charge in [0.1, 0.15) is 0 Å². The fourth-order valence-corrected chi connectivity index (χ4v) is 4.41. The number of carbonyl (C=O) groups is 2. The molecule has 0 radical (unpaired) electrons. The highest BCUT2D eigenvalue weighted by molar-refractivity contribution is 7.93. The Hall–Kier alpha value is -3.59. The summed E-state index contributed by atoms with van der Waals surface area (Å²) in [5.41, 5.74) is -0.840. The Morgan fingerprint density at radius 2 is 1.72 bits per heavy atom.